The second-order valence-corrected chi connectivity index (χ2v) is 20.8. The Labute approximate surface area is 445 Å². The van der Waals surface area contributed by atoms with Gasteiger partial charge >= 0.3 is 11.9 Å². The van der Waals surface area contributed by atoms with E-state index in [0.717, 1.165) is 147 Å². The Morgan fingerprint density at radius 1 is 0.351 bits per heavy atom. The highest BCUT2D eigenvalue weighted by Crippen LogP contribution is 2.29. The first kappa shape index (κ1) is 59.1. The SMILES string of the molecule is CCCCCCc1cc(CCC(CCc2ccc(O)c(CCCCCC)c2)OC(=O)c2ccccc2C(=O)OC(CCc2ccc(O)c(CCCCCC)c2)CCc2ccc(O)c(CCCCCC)c2)ccc1O. The summed E-state index contributed by atoms with van der Waals surface area (Å²) in [5.74, 6) is 0.0538. The van der Waals surface area contributed by atoms with Gasteiger partial charge in [-0.05, 0) is 184 Å². The Bertz CT molecular complexity index is 2140. The van der Waals surface area contributed by atoms with Crippen LogP contribution in [0, 0.1) is 0 Å². The van der Waals surface area contributed by atoms with Crippen molar-refractivity contribution in [2.75, 3.05) is 0 Å². The molecule has 0 saturated heterocycles. The summed E-state index contributed by atoms with van der Waals surface area (Å²) in [7, 11) is 0. The first-order valence-corrected chi connectivity index (χ1v) is 28.8. The van der Waals surface area contributed by atoms with E-state index in [0.29, 0.717) is 74.4 Å². The van der Waals surface area contributed by atoms with E-state index in [2.05, 4.69) is 52.0 Å². The standard InChI is InChI=1S/C66H90O8/c1-5-9-13-17-23-53-45-49(33-41-61(53)67)29-37-57(38-30-50-34-42-62(68)54(46-50)24-18-14-10-6-2)73-65(71)59-27-21-22-28-60(59)66(72)74-58(39-31-51-35-43-63(69)55(47-51)25-19-15-11-7-3)40-32-52-36-44-64(70)56(48-52)26-20-16-12-8-4/h21-22,27-28,33-36,41-48,57-58,67-70H,5-20,23-26,29-32,37-40H2,1-4H3. The first-order valence-electron chi connectivity index (χ1n) is 28.8. The number of carbonyl (C=O) groups is 2. The number of aromatic hydroxyl groups is 4. The normalized spacial score (nSPS) is 11.4. The van der Waals surface area contributed by atoms with E-state index in [1.807, 2.05) is 24.3 Å². The Hall–Kier alpha value is -5.76. The van der Waals surface area contributed by atoms with Crippen LogP contribution in [0.1, 0.15) is 221 Å². The van der Waals surface area contributed by atoms with E-state index in [4.69, 9.17) is 9.47 Å². The number of rotatable bonds is 36. The maximum Gasteiger partial charge on any atom is 0.339 e. The lowest BCUT2D eigenvalue weighted by atomic mass is 9.96. The molecule has 4 N–H and O–H groups in total. The molecule has 0 aliphatic carbocycles. The molecule has 0 fully saturated rings. The summed E-state index contributed by atoms with van der Waals surface area (Å²) in [6, 6.07) is 29.9. The molecule has 0 atom stereocenters. The van der Waals surface area contributed by atoms with E-state index in [-0.39, 0.29) is 11.1 Å². The van der Waals surface area contributed by atoms with Gasteiger partial charge in [0.05, 0.1) is 11.1 Å². The molecule has 0 bridgehead atoms. The number of aryl methyl sites for hydroxylation is 8. The van der Waals surface area contributed by atoms with E-state index < -0.39 is 24.1 Å². The Morgan fingerprint density at radius 2 is 0.608 bits per heavy atom. The van der Waals surface area contributed by atoms with Crippen LogP contribution < -0.4 is 0 Å². The van der Waals surface area contributed by atoms with Gasteiger partial charge in [0, 0.05) is 0 Å². The van der Waals surface area contributed by atoms with Crippen LogP contribution in [0.5, 0.6) is 23.0 Å². The highest BCUT2D eigenvalue weighted by atomic mass is 16.6. The zero-order chi connectivity index (χ0) is 52.9. The van der Waals surface area contributed by atoms with Gasteiger partial charge in [-0.1, -0.05) is 165 Å². The van der Waals surface area contributed by atoms with Gasteiger partial charge < -0.3 is 29.9 Å². The van der Waals surface area contributed by atoms with Crippen LogP contribution in [0.2, 0.25) is 0 Å². The molecule has 0 aliphatic rings. The fourth-order valence-electron chi connectivity index (χ4n) is 10.1. The minimum absolute atomic E-state index is 0.150. The molecule has 5 aromatic carbocycles. The van der Waals surface area contributed by atoms with Gasteiger partial charge in [-0.25, -0.2) is 9.59 Å². The summed E-state index contributed by atoms with van der Waals surface area (Å²) in [5, 5.41) is 42.9. The second-order valence-electron chi connectivity index (χ2n) is 20.8. The minimum atomic E-state index is -0.588. The Kier molecular flexibility index (Phi) is 26.5. The molecule has 0 aliphatic heterocycles. The number of ether oxygens (including phenoxy) is 2. The zero-order valence-electron chi connectivity index (χ0n) is 45.6. The lowest BCUT2D eigenvalue weighted by Crippen LogP contribution is -2.24. The van der Waals surface area contributed by atoms with Crippen molar-refractivity contribution in [3.63, 3.8) is 0 Å². The number of hydrogen-bond acceptors (Lipinski definition) is 8. The van der Waals surface area contributed by atoms with Gasteiger partial charge in [0.1, 0.15) is 35.2 Å². The molecular formula is C66H90O8. The molecule has 8 nitrogen and oxygen atoms in total. The number of phenolic OH excluding ortho intramolecular Hbond substituents is 4. The van der Waals surface area contributed by atoms with Gasteiger partial charge in [0.25, 0.3) is 0 Å². The van der Waals surface area contributed by atoms with Gasteiger partial charge in [0.15, 0.2) is 0 Å². The molecule has 402 valence electrons. The maximum absolute atomic E-state index is 14.5. The molecule has 0 amide bonds. The third-order valence-electron chi connectivity index (χ3n) is 14.7. The fourth-order valence-corrected chi connectivity index (χ4v) is 10.1. The van der Waals surface area contributed by atoms with Crippen LogP contribution >= 0.6 is 0 Å². The molecule has 0 unspecified atom stereocenters. The second kappa shape index (κ2) is 33.2. The third-order valence-corrected chi connectivity index (χ3v) is 14.7. The highest BCUT2D eigenvalue weighted by molar-refractivity contribution is 6.03. The van der Waals surface area contributed by atoms with Crippen LogP contribution in [0.25, 0.3) is 0 Å². The van der Waals surface area contributed by atoms with Crippen LogP contribution in [-0.4, -0.2) is 44.6 Å². The lowest BCUT2D eigenvalue weighted by molar-refractivity contribution is 0.0215. The average molecular weight is 1010 g/mol. The number of benzene rings is 5. The van der Waals surface area contributed by atoms with Crippen molar-refractivity contribution in [2.45, 2.75) is 220 Å². The topological polar surface area (TPSA) is 134 Å². The van der Waals surface area contributed by atoms with E-state index in [9.17, 15) is 30.0 Å². The van der Waals surface area contributed by atoms with Gasteiger partial charge in [-0.3, -0.25) is 0 Å². The molecule has 5 rings (SSSR count). The molecule has 0 aromatic heterocycles. The van der Waals surface area contributed by atoms with Gasteiger partial charge in [-0.15, -0.1) is 0 Å². The average Bonchev–Trinajstić information content (AvgIpc) is 3.40. The summed E-state index contributed by atoms with van der Waals surface area (Å²) in [6.07, 6.45) is 24.7. The van der Waals surface area contributed by atoms with Crippen molar-refractivity contribution in [3.8, 4) is 23.0 Å². The van der Waals surface area contributed by atoms with Crippen LogP contribution in [0.3, 0.4) is 0 Å². The molecule has 0 radical (unpaired) electrons. The minimum Gasteiger partial charge on any atom is -0.508 e. The van der Waals surface area contributed by atoms with Crippen molar-refractivity contribution in [3.05, 3.63) is 153 Å². The van der Waals surface area contributed by atoms with Crippen LogP contribution in [0.15, 0.2) is 97.1 Å². The van der Waals surface area contributed by atoms with Crippen molar-refractivity contribution in [1.29, 1.82) is 0 Å². The number of phenols is 4. The molecule has 0 heterocycles. The van der Waals surface area contributed by atoms with E-state index in [1.54, 1.807) is 48.5 Å². The molecule has 5 aromatic rings. The summed E-state index contributed by atoms with van der Waals surface area (Å²) in [6.45, 7) is 8.76. The van der Waals surface area contributed by atoms with Crippen molar-refractivity contribution >= 4 is 11.9 Å². The molecule has 0 spiro atoms. The monoisotopic (exact) mass is 1010 g/mol. The van der Waals surface area contributed by atoms with E-state index in [1.165, 1.54) is 25.7 Å². The van der Waals surface area contributed by atoms with Crippen LogP contribution in [0.4, 0.5) is 0 Å². The van der Waals surface area contributed by atoms with E-state index >= 15 is 0 Å². The highest BCUT2D eigenvalue weighted by Gasteiger charge is 2.25. The first-order chi connectivity index (χ1) is 36.0. The van der Waals surface area contributed by atoms with Crippen LogP contribution in [-0.2, 0) is 60.8 Å². The predicted octanol–water partition coefficient (Wildman–Crippen LogP) is 16.6. The number of esters is 2. The zero-order valence-corrected chi connectivity index (χ0v) is 45.6. The molecular weight excluding hydrogens is 921 g/mol. The summed E-state index contributed by atoms with van der Waals surface area (Å²) in [5.41, 5.74) is 8.30. The Morgan fingerprint density at radius 3 is 0.851 bits per heavy atom. The van der Waals surface area contributed by atoms with Gasteiger partial charge in [0.2, 0.25) is 0 Å². The molecule has 0 saturated carbocycles. The number of hydrogen-bond donors (Lipinski definition) is 4. The van der Waals surface area contributed by atoms with Crippen molar-refractivity contribution in [2.24, 2.45) is 0 Å². The van der Waals surface area contributed by atoms with Gasteiger partial charge in [-0.2, -0.15) is 0 Å². The summed E-state index contributed by atoms with van der Waals surface area (Å²) < 4.78 is 12.8. The third kappa shape index (κ3) is 20.5. The van der Waals surface area contributed by atoms with Crippen molar-refractivity contribution in [1.82, 2.24) is 0 Å². The predicted molar refractivity (Wildman–Crippen MR) is 302 cm³/mol. The fraction of sp³-hybridized carbons (Fsp3) is 0.515. The molecule has 74 heavy (non-hydrogen) atoms. The largest absolute Gasteiger partial charge is 0.508 e. The lowest BCUT2D eigenvalue weighted by Gasteiger charge is -2.21. The molecule has 8 heteroatoms. The quantitative estimate of drug-likeness (QED) is 0.0230. The maximum atomic E-state index is 14.5. The summed E-state index contributed by atoms with van der Waals surface area (Å²) >= 11 is 0. The number of unbranched alkanes of at least 4 members (excludes halogenated alkanes) is 12. The number of carbonyl (C=O) groups excluding carboxylic acids is 2. The smallest absolute Gasteiger partial charge is 0.339 e. The Balaban J connectivity index is 1.36. The van der Waals surface area contributed by atoms with Crippen molar-refractivity contribution < 1.29 is 39.5 Å². The summed E-state index contributed by atoms with van der Waals surface area (Å²) in [4.78, 5) is 28.9.